The molecule has 8 nitrogen and oxygen atoms in total. The lowest BCUT2D eigenvalue weighted by Gasteiger charge is -2.09. The highest BCUT2D eigenvalue weighted by atomic mass is 32.2. The Bertz CT molecular complexity index is 1320. The number of ketones is 1. The van der Waals surface area contributed by atoms with Gasteiger partial charge in [-0.1, -0.05) is 43.3 Å². The molecule has 0 bridgehead atoms. The quantitative estimate of drug-likeness (QED) is 0.221. The van der Waals surface area contributed by atoms with Gasteiger partial charge in [-0.2, -0.15) is 0 Å². The van der Waals surface area contributed by atoms with Crippen LogP contribution in [0.15, 0.2) is 65.7 Å². The van der Waals surface area contributed by atoms with Crippen LogP contribution in [-0.4, -0.2) is 36.0 Å². The summed E-state index contributed by atoms with van der Waals surface area (Å²) in [5, 5.41) is 2.81. The minimum Gasteiger partial charge on any atom is -0.398 e. The Kier molecular flexibility index (Phi) is 8.37. The molecular formula is C26H31N5O3S. The van der Waals surface area contributed by atoms with Gasteiger partial charge in [0.15, 0.2) is 21.3 Å². The zero-order valence-corrected chi connectivity index (χ0v) is 21.0. The molecule has 0 unspecified atom stereocenters. The van der Waals surface area contributed by atoms with E-state index in [1.54, 1.807) is 26.0 Å². The molecule has 0 aliphatic heterocycles. The summed E-state index contributed by atoms with van der Waals surface area (Å²) in [7, 11) is -3.39. The van der Waals surface area contributed by atoms with E-state index in [0.717, 1.165) is 25.1 Å². The summed E-state index contributed by atoms with van der Waals surface area (Å²) in [4.78, 5) is 21.6. The third kappa shape index (κ3) is 6.32. The molecule has 0 radical (unpaired) electrons. The van der Waals surface area contributed by atoms with E-state index in [2.05, 4.69) is 22.2 Å². The Balaban J connectivity index is 1.81. The summed E-state index contributed by atoms with van der Waals surface area (Å²) in [6.07, 6.45) is 3.79. The molecule has 35 heavy (non-hydrogen) atoms. The maximum atomic E-state index is 12.9. The maximum absolute atomic E-state index is 12.9. The van der Waals surface area contributed by atoms with Gasteiger partial charge in [0.2, 0.25) is 5.78 Å². The van der Waals surface area contributed by atoms with E-state index < -0.39 is 20.9 Å². The number of hydrogen-bond donors (Lipinski definition) is 3. The van der Waals surface area contributed by atoms with Gasteiger partial charge in [0.1, 0.15) is 0 Å². The van der Waals surface area contributed by atoms with Crippen LogP contribution in [0.1, 0.15) is 48.8 Å². The molecule has 0 saturated heterocycles. The fourth-order valence-corrected chi connectivity index (χ4v) is 4.38. The van der Waals surface area contributed by atoms with Crippen LogP contribution in [0.3, 0.4) is 0 Å². The highest BCUT2D eigenvalue weighted by Gasteiger charge is 2.19. The first-order valence-electron chi connectivity index (χ1n) is 11.4. The summed E-state index contributed by atoms with van der Waals surface area (Å²) >= 11 is 0. The monoisotopic (exact) mass is 493 g/mol. The van der Waals surface area contributed by atoms with Gasteiger partial charge in [-0.25, -0.2) is 18.4 Å². The molecule has 0 atom stereocenters. The highest BCUT2D eigenvalue weighted by molar-refractivity contribution is 7.92. The molecule has 5 N–H and O–H groups in total. The largest absolute Gasteiger partial charge is 0.398 e. The van der Waals surface area contributed by atoms with Gasteiger partial charge in [0.25, 0.3) is 0 Å². The topological polar surface area (TPSA) is 141 Å². The number of carbonyl (C=O) groups excluding carboxylic acids is 1. The predicted molar refractivity (Wildman–Crippen MR) is 139 cm³/mol. The van der Waals surface area contributed by atoms with Gasteiger partial charge >= 0.3 is 0 Å². The number of aromatic nitrogens is 2. The second kappa shape index (κ2) is 11.2. The predicted octanol–water partition coefficient (Wildman–Crippen LogP) is 3.59. The number of sulfone groups is 1. The Morgan fingerprint density at radius 2 is 1.74 bits per heavy atom. The van der Waals surface area contributed by atoms with Crippen molar-refractivity contribution in [3.63, 3.8) is 0 Å². The van der Waals surface area contributed by atoms with Crippen molar-refractivity contribution in [3.05, 3.63) is 77.6 Å². The first-order chi connectivity index (χ1) is 16.6. The summed E-state index contributed by atoms with van der Waals surface area (Å²) < 4.78 is 24.7. The molecule has 2 aromatic carbocycles. The van der Waals surface area contributed by atoms with E-state index in [4.69, 9.17) is 11.5 Å². The molecule has 3 rings (SSSR count). The SMILES string of the molecule is CCCNCc1ccc(/C(N)=C/C(=O)c2nc(-c3ccc(S(=O)(=O)C(C)C)cc3)cnc2N)cc1. The lowest BCUT2D eigenvalue weighted by Crippen LogP contribution is -2.14. The van der Waals surface area contributed by atoms with Gasteiger partial charge in [0.05, 0.1) is 22.0 Å². The van der Waals surface area contributed by atoms with E-state index in [1.807, 2.05) is 24.3 Å². The van der Waals surface area contributed by atoms with E-state index in [0.29, 0.717) is 16.8 Å². The van der Waals surface area contributed by atoms with Crippen LogP contribution in [0.4, 0.5) is 5.82 Å². The number of carbonyl (C=O) groups is 1. The zero-order chi connectivity index (χ0) is 25.6. The Morgan fingerprint density at radius 3 is 2.34 bits per heavy atom. The van der Waals surface area contributed by atoms with E-state index >= 15 is 0 Å². The number of nitrogens with two attached hydrogens (primary N) is 2. The van der Waals surface area contributed by atoms with Gasteiger partial charge in [-0.3, -0.25) is 4.79 Å². The van der Waals surface area contributed by atoms with Crippen molar-refractivity contribution in [3.8, 4) is 11.3 Å². The van der Waals surface area contributed by atoms with E-state index in [-0.39, 0.29) is 22.1 Å². The first-order valence-corrected chi connectivity index (χ1v) is 13.0. The number of nitrogens with zero attached hydrogens (tertiary/aromatic N) is 2. The third-order valence-corrected chi connectivity index (χ3v) is 7.63. The molecule has 0 amide bonds. The average Bonchev–Trinajstić information content (AvgIpc) is 2.84. The lowest BCUT2D eigenvalue weighted by molar-refractivity contribution is 0.104. The van der Waals surface area contributed by atoms with E-state index in [9.17, 15) is 13.2 Å². The number of benzene rings is 2. The normalized spacial score (nSPS) is 12.2. The van der Waals surface area contributed by atoms with Gasteiger partial charge in [0, 0.05) is 23.9 Å². The maximum Gasteiger partial charge on any atom is 0.210 e. The smallest absolute Gasteiger partial charge is 0.210 e. The zero-order valence-electron chi connectivity index (χ0n) is 20.2. The van der Waals surface area contributed by atoms with Crippen LogP contribution in [0.2, 0.25) is 0 Å². The van der Waals surface area contributed by atoms with Crippen LogP contribution in [0, 0.1) is 0 Å². The molecule has 0 spiro atoms. The summed E-state index contributed by atoms with van der Waals surface area (Å²) in [5.74, 6) is -0.485. The average molecular weight is 494 g/mol. The van der Waals surface area contributed by atoms with Crippen molar-refractivity contribution in [2.24, 2.45) is 5.73 Å². The van der Waals surface area contributed by atoms with Crippen molar-refractivity contribution in [1.29, 1.82) is 0 Å². The number of nitrogen functional groups attached to an aromatic ring is 1. The molecule has 1 heterocycles. The molecule has 3 aromatic rings. The Morgan fingerprint density at radius 1 is 1.09 bits per heavy atom. The summed E-state index contributed by atoms with van der Waals surface area (Å²) in [6.45, 7) is 7.08. The number of nitrogens with one attached hydrogen (secondary N) is 1. The van der Waals surface area contributed by atoms with Gasteiger partial charge in [-0.15, -0.1) is 0 Å². The molecule has 0 aliphatic carbocycles. The second-order valence-electron chi connectivity index (χ2n) is 8.44. The van der Waals surface area contributed by atoms with Crippen LogP contribution in [0.5, 0.6) is 0 Å². The minimum absolute atomic E-state index is 0.0147. The fraction of sp³-hybridized carbons (Fsp3) is 0.269. The van der Waals surface area contributed by atoms with Crippen LogP contribution in [-0.2, 0) is 16.4 Å². The summed E-state index contributed by atoms with van der Waals surface area (Å²) in [6, 6.07) is 13.9. The van der Waals surface area contributed by atoms with Crippen LogP contribution in [0.25, 0.3) is 17.0 Å². The standard InChI is InChI=1S/C26H31N5O3S/c1-4-13-29-15-18-5-7-19(8-6-18)22(27)14-24(32)25-26(28)30-16-23(31-25)20-9-11-21(12-10-20)35(33,34)17(2)3/h5-12,14,16-17,29H,4,13,15,27H2,1-3H3,(H2,28,30)/b22-14-. The molecule has 1 aromatic heterocycles. The minimum atomic E-state index is -3.39. The highest BCUT2D eigenvalue weighted by Crippen LogP contribution is 2.23. The number of hydrogen-bond acceptors (Lipinski definition) is 8. The summed E-state index contributed by atoms with van der Waals surface area (Å²) in [5.41, 5.74) is 15.2. The number of rotatable bonds is 10. The first kappa shape index (κ1) is 26.1. The lowest BCUT2D eigenvalue weighted by atomic mass is 10.1. The molecule has 184 valence electrons. The van der Waals surface area contributed by atoms with Crippen molar-refractivity contribution >= 4 is 27.1 Å². The van der Waals surface area contributed by atoms with Crippen molar-refractivity contribution in [1.82, 2.24) is 15.3 Å². The van der Waals surface area contributed by atoms with Crippen molar-refractivity contribution in [2.45, 2.75) is 43.9 Å². The molecule has 0 aliphatic rings. The third-order valence-electron chi connectivity index (χ3n) is 5.46. The Hall–Kier alpha value is -3.56. The molecule has 0 fully saturated rings. The molecular weight excluding hydrogens is 462 g/mol. The molecule has 0 saturated carbocycles. The number of allylic oxidation sites excluding steroid dienone is 1. The van der Waals surface area contributed by atoms with E-state index in [1.165, 1.54) is 24.4 Å². The molecule has 9 heteroatoms. The van der Waals surface area contributed by atoms with Crippen LogP contribution < -0.4 is 16.8 Å². The fourth-order valence-electron chi connectivity index (χ4n) is 3.32. The van der Waals surface area contributed by atoms with Crippen molar-refractivity contribution < 1.29 is 13.2 Å². The second-order valence-corrected chi connectivity index (χ2v) is 10.9. The van der Waals surface area contributed by atoms with Crippen molar-refractivity contribution in [2.75, 3.05) is 12.3 Å². The van der Waals surface area contributed by atoms with Gasteiger partial charge < -0.3 is 16.8 Å². The van der Waals surface area contributed by atoms with Crippen LogP contribution >= 0.6 is 0 Å². The number of anilines is 1. The van der Waals surface area contributed by atoms with Gasteiger partial charge in [-0.05, 0) is 50.1 Å². The Labute approximate surface area is 206 Å².